The van der Waals surface area contributed by atoms with Crippen LogP contribution in [0.2, 0.25) is 0 Å². The lowest BCUT2D eigenvalue weighted by Crippen LogP contribution is -2.28. The van der Waals surface area contributed by atoms with Crippen molar-refractivity contribution >= 4 is 18.2 Å². The molecule has 17 heavy (non-hydrogen) atoms. The molecule has 0 N–H and O–H groups in total. The monoisotopic (exact) mass is 233 g/mol. The summed E-state index contributed by atoms with van der Waals surface area (Å²) < 4.78 is 0. The molecule has 1 heterocycles. The molecule has 0 unspecified atom stereocenters. The fraction of sp³-hybridized carbons (Fsp3) is 0.250. The van der Waals surface area contributed by atoms with Gasteiger partial charge in [0.15, 0.2) is 0 Å². The van der Waals surface area contributed by atoms with Crippen molar-refractivity contribution in [3.63, 3.8) is 0 Å². The van der Waals surface area contributed by atoms with Gasteiger partial charge in [-0.25, -0.2) is 4.79 Å². The second-order valence-electron chi connectivity index (χ2n) is 3.72. The molecular weight excluding hydrogens is 222 g/mol. The van der Waals surface area contributed by atoms with E-state index in [1.165, 1.54) is 24.3 Å². The number of rotatable bonds is 3. The molecule has 5 heteroatoms. The van der Waals surface area contributed by atoms with Gasteiger partial charge in [-0.15, -0.1) is 0 Å². The predicted octanol–water partition coefficient (Wildman–Crippen LogP) is 1.19. The Labute approximate surface area is 97.9 Å². The Hall–Kier alpha value is -2.17. The van der Waals surface area contributed by atoms with Crippen molar-refractivity contribution in [2.75, 3.05) is 6.54 Å². The van der Waals surface area contributed by atoms with E-state index in [4.69, 9.17) is 4.84 Å². The molecular formula is C12H11NO4. The number of hydrogen-bond donors (Lipinski definition) is 0. The molecule has 0 aliphatic carbocycles. The summed E-state index contributed by atoms with van der Waals surface area (Å²) in [5.74, 6) is -0.763. The van der Waals surface area contributed by atoms with Gasteiger partial charge in [-0.05, 0) is 18.6 Å². The van der Waals surface area contributed by atoms with Crippen LogP contribution >= 0.6 is 0 Å². The van der Waals surface area contributed by atoms with Crippen LogP contribution in [0, 0.1) is 0 Å². The highest BCUT2D eigenvalue weighted by Gasteiger charge is 2.24. The van der Waals surface area contributed by atoms with Gasteiger partial charge in [0.2, 0.25) is 0 Å². The lowest BCUT2D eigenvalue weighted by Gasteiger charge is -2.14. The van der Waals surface area contributed by atoms with Gasteiger partial charge in [-0.1, -0.05) is 12.1 Å². The second-order valence-corrected chi connectivity index (χ2v) is 3.72. The first kappa shape index (κ1) is 11.3. The molecule has 1 aromatic rings. The third kappa shape index (κ3) is 2.50. The van der Waals surface area contributed by atoms with E-state index >= 15 is 0 Å². The largest absolute Gasteiger partial charge is 0.363 e. The molecule has 88 valence electrons. The zero-order valence-corrected chi connectivity index (χ0v) is 9.09. The smallest absolute Gasteiger partial charge is 0.333 e. The molecule has 1 amide bonds. The van der Waals surface area contributed by atoms with Gasteiger partial charge in [-0.2, -0.15) is 5.06 Å². The van der Waals surface area contributed by atoms with Gasteiger partial charge in [0, 0.05) is 12.0 Å². The van der Waals surface area contributed by atoms with Crippen LogP contribution in [-0.2, 0) is 9.63 Å². The van der Waals surface area contributed by atoms with Crippen LogP contribution < -0.4 is 0 Å². The van der Waals surface area contributed by atoms with Crippen LogP contribution in [0.3, 0.4) is 0 Å². The average Bonchev–Trinajstić information content (AvgIpc) is 2.75. The highest BCUT2D eigenvalue weighted by Crippen LogP contribution is 2.12. The van der Waals surface area contributed by atoms with E-state index in [2.05, 4.69) is 0 Å². The first-order valence-electron chi connectivity index (χ1n) is 5.28. The molecule has 1 fully saturated rings. The molecule has 0 radical (unpaired) electrons. The minimum absolute atomic E-state index is 0.178. The van der Waals surface area contributed by atoms with Crippen LogP contribution in [0.4, 0.5) is 0 Å². The third-order valence-electron chi connectivity index (χ3n) is 2.51. The number of nitrogens with zero attached hydrogens (tertiary/aromatic N) is 1. The van der Waals surface area contributed by atoms with Crippen molar-refractivity contribution < 1.29 is 19.2 Å². The third-order valence-corrected chi connectivity index (χ3v) is 2.51. The summed E-state index contributed by atoms with van der Waals surface area (Å²) in [5, 5.41) is 1.08. The Bertz CT molecular complexity index is 452. The lowest BCUT2D eigenvalue weighted by molar-refractivity contribution is -0.159. The van der Waals surface area contributed by atoms with E-state index in [1.807, 2.05) is 0 Å². The van der Waals surface area contributed by atoms with E-state index in [1.54, 1.807) is 0 Å². The molecule has 0 atom stereocenters. The van der Waals surface area contributed by atoms with Gasteiger partial charge in [0.25, 0.3) is 5.91 Å². The first-order chi connectivity index (χ1) is 8.20. The van der Waals surface area contributed by atoms with Crippen LogP contribution in [0.1, 0.15) is 33.6 Å². The fourth-order valence-corrected chi connectivity index (χ4v) is 1.57. The van der Waals surface area contributed by atoms with Crippen LogP contribution in [0.25, 0.3) is 0 Å². The van der Waals surface area contributed by atoms with E-state index in [-0.39, 0.29) is 5.91 Å². The minimum Gasteiger partial charge on any atom is -0.333 e. The van der Waals surface area contributed by atoms with E-state index in [0.29, 0.717) is 36.8 Å². The minimum atomic E-state index is -0.585. The highest BCUT2D eigenvalue weighted by molar-refractivity contribution is 5.91. The molecule has 5 nitrogen and oxygen atoms in total. The summed E-state index contributed by atoms with van der Waals surface area (Å²) in [4.78, 5) is 38.3. The Kier molecular flexibility index (Phi) is 3.18. The Morgan fingerprint density at radius 1 is 1.29 bits per heavy atom. The summed E-state index contributed by atoms with van der Waals surface area (Å²) in [7, 11) is 0. The first-order valence-corrected chi connectivity index (χ1v) is 5.28. The Morgan fingerprint density at radius 2 is 2.00 bits per heavy atom. The van der Waals surface area contributed by atoms with E-state index in [9.17, 15) is 14.4 Å². The van der Waals surface area contributed by atoms with Crippen molar-refractivity contribution in [1.29, 1.82) is 0 Å². The van der Waals surface area contributed by atoms with Gasteiger partial charge in [0.1, 0.15) is 6.29 Å². The number of aldehydes is 1. The van der Waals surface area contributed by atoms with Gasteiger partial charge >= 0.3 is 5.97 Å². The molecule has 1 aliphatic heterocycles. The van der Waals surface area contributed by atoms with Crippen molar-refractivity contribution in [1.82, 2.24) is 5.06 Å². The van der Waals surface area contributed by atoms with E-state index in [0.717, 1.165) is 5.06 Å². The van der Waals surface area contributed by atoms with Crippen molar-refractivity contribution in [3.8, 4) is 0 Å². The van der Waals surface area contributed by atoms with Crippen LogP contribution in [-0.4, -0.2) is 29.8 Å². The second kappa shape index (κ2) is 4.78. The maximum absolute atomic E-state index is 11.6. The number of benzene rings is 1. The van der Waals surface area contributed by atoms with Gasteiger partial charge < -0.3 is 4.84 Å². The maximum atomic E-state index is 11.6. The van der Waals surface area contributed by atoms with Crippen LogP contribution in [0.15, 0.2) is 24.3 Å². The molecule has 1 saturated heterocycles. The standard InChI is InChI=1S/C12H11NO4/c14-8-9-3-5-10(6-4-9)12(16)17-13-7-1-2-11(13)15/h3-6,8H,1-2,7H2. The molecule has 0 saturated carbocycles. The zero-order valence-electron chi connectivity index (χ0n) is 9.09. The quantitative estimate of drug-likeness (QED) is 0.736. The van der Waals surface area contributed by atoms with Crippen molar-refractivity contribution in [2.24, 2.45) is 0 Å². The predicted molar refractivity (Wildman–Crippen MR) is 58.2 cm³/mol. The number of hydrogen-bond acceptors (Lipinski definition) is 4. The van der Waals surface area contributed by atoms with Crippen LogP contribution in [0.5, 0.6) is 0 Å². The molecule has 0 bridgehead atoms. The number of hydroxylamine groups is 2. The average molecular weight is 233 g/mol. The SMILES string of the molecule is O=Cc1ccc(C(=O)ON2CCCC2=O)cc1. The van der Waals surface area contributed by atoms with Crippen molar-refractivity contribution in [3.05, 3.63) is 35.4 Å². The topological polar surface area (TPSA) is 63.7 Å². The maximum Gasteiger partial charge on any atom is 0.363 e. The lowest BCUT2D eigenvalue weighted by atomic mass is 10.1. The molecule has 2 rings (SSSR count). The number of carbonyl (C=O) groups excluding carboxylic acids is 3. The van der Waals surface area contributed by atoms with E-state index < -0.39 is 5.97 Å². The number of amides is 1. The van der Waals surface area contributed by atoms with Crippen molar-refractivity contribution in [2.45, 2.75) is 12.8 Å². The molecule has 1 aliphatic rings. The Balaban J connectivity index is 2.03. The number of carbonyl (C=O) groups is 3. The molecule has 0 aromatic heterocycles. The normalized spacial score (nSPS) is 14.8. The van der Waals surface area contributed by atoms with Gasteiger partial charge in [-0.3, -0.25) is 9.59 Å². The molecule has 0 spiro atoms. The summed E-state index contributed by atoms with van der Waals surface area (Å²) in [6.07, 6.45) is 1.81. The summed E-state index contributed by atoms with van der Waals surface area (Å²) in [5.41, 5.74) is 0.800. The zero-order chi connectivity index (χ0) is 12.3. The summed E-state index contributed by atoms with van der Waals surface area (Å²) in [6.45, 7) is 0.441. The highest BCUT2D eigenvalue weighted by atomic mass is 16.7. The summed E-state index contributed by atoms with van der Waals surface area (Å²) >= 11 is 0. The van der Waals surface area contributed by atoms with Gasteiger partial charge in [0.05, 0.1) is 12.1 Å². The Morgan fingerprint density at radius 3 is 2.53 bits per heavy atom. The summed E-state index contributed by atoms with van der Waals surface area (Å²) in [6, 6.07) is 6.03. The fourth-order valence-electron chi connectivity index (χ4n) is 1.57. The molecule has 1 aromatic carbocycles.